The maximum absolute atomic E-state index is 14.7. The lowest BCUT2D eigenvalue weighted by Gasteiger charge is -2.12. The van der Waals surface area contributed by atoms with E-state index >= 15 is 0 Å². The van der Waals surface area contributed by atoms with Crippen molar-refractivity contribution in [2.24, 2.45) is 0 Å². The van der Waals surface area contributed by atoms with Gasteiger partial charge in [0.1, 0.15) is 23.3 Å². The molecule has 8 nitrogen and oxygen atoms in total. The van der Waals surface area contributed by atoms with Gasteiger partial charge in [0.05, 0.1) is 23.3 Å². The highest BCUT2D eigenvalue weighted by atomic mass is 19.1. The normalized spacial score (nSPS) is 11.2. The molecule has 0 radical (unpaired) electrons. The topological polar surface area (TPSA) is 94.3 Å². The molecule has 0 aliphatic carbocycles. The highest BCUT2D eigenvalue weighted by molar-refractivity contribution is 5.92. The summed E-state index contributed by atoms with van der Waals surface area (Å²) in [5.41, 5.74) is 2.38. The fourth-order valence-corrected chi connectivity index (χ4v) is 4.18. The molecular formula is C26H16FN7O. The van der Waals surface area contributed by atoms with E-state index in [0.717, 1.165) is 21.4 Å². The zero-order valence-electron chi connectivity index (χ0n) is 18.2. The first-order chi connectivity index (χ1) is 17.1. The standard InChI is InChI=1S/C26H16FN7O/c27-21-7-3-5-18(15-28)25(21)34-26(35)24-23(31-34)20-6-1-2-8-22(20)33(30-24)16-17-9-11-19(12-10-17)32-14-4-13-29-32/h1-14H,16H2. The van der Waals surface area contributed by atoms with E-state index in [1.165, 1.54) is 18.2 Å². The number of nitrogens with zero attached hydrogens (tertiary/aromatic N) is 7. The molecule has 35 heavy (non-hydrogen) atoms. The van der Waals surface area contributed by atoms with Crippen molar-refractivity contribution in [3.05, 3.63) is 112 Å². The molecule has 2 aliphatic heterocycles. The maximum atomic E-state index is 14.7. The molecule has 0 amide bonds. The number of benzene rings is 3. The molecule has 3 aromatic carbocycles. The van der Waals surface area contributed by atoms with Crippen LogP contribution in [0, 0.1) is 17.1 Å². The average molecular weight is 461 g/mol. The first-order valence-electron chi connectivity index (χ1n) is 10.8. The summed E-state index contributed by atoms with van der Waals surface area (Å²) in [4.78, 5) is 13.3. The average Bonchev–Trinajstić information content (AvgIpc) is 3.53. The molecule has 0 atom stereocenters. The number of para-hydroxylation sites is 2. The van der Waals surface area contributed by atoms with E-state index in [1.54, 1.807) is 15.6 Å². The van der Waals surface area contributed by atoms with E-state index in [0.29, 0.717) is 17.6 Å². The summed E-state index contributed by atoms with van der Waals surface area (Å²) in [6.07, 6.45) is 3.59. The van der Waals surface area contributed by atoms with E-state index < -0.39 is 11.4 Å². The van der Waals surface area contributed by atoms with Crippen LogP contribution >= 0.6 is 0 Å². The minimum absolute atomic E-state index is 0.0179. The van der Waals surface area contributed by atoms with Gasteiger partial charge in [-0.05, 0) is 42.0 Å². The summed E-state index contributed by atoms with van der Waals surface area (Å²) in [6, 6.07) is 23.2. The molecule has 0 N–H and O–H groups in total. The van der Waals surface area contributed by atoms with Crippen molar-refractivity contribution in [1.82, 2.24) is 29.3 Å². The van der Waals surface area contributed by atoms with Crippen LogP contribution in [0.2, 0.25) is 0 Å². The molecule has 0 saturated carbocycles. The predicted octanol–water partition coefficient (Wildman–Crippen LogP) is 3.93. The lowest BCUT2D eigenvalue weighted by atomic mass is 10.1. The molecule has 0 spiro atoms. The molecule has 0 fully saturated rings. The number of nitriles is 1. The monoisotopic (exact) mass is 461 g/mol. The molecule has 0 bridgehead atoms. The lowest BCUT2D eigenvalue weighted by Crippen LogP contribution is -2.19. The summed E-state index contributed by atoms with van der Waals surface area (Å²) in [5, 5.41) is 23.4. The maximum Gasteiger partial charge on any atom is 0.301 e. The highest BCUT2D eigenvalue weighted by Crippen LogP contribution is 2.27. The molecule has 6 rings (SSSR count). The van der Waals surface area contributed by atoms with Crippen LogP contribution in [0.25, 0.3) is 33.7 Å². The molecule has 4 aromatic rings. The van der Waals surface area contributed by atoms with Crippen LogP contribution < -0.4 is 5.56 Å². The summed E-state index contributed by atoms with van der Waals surface area (Å²) >= 11 is 0. The third kappa shape index (κ3) is 3.36. The fraction of sp³-hybridized carbons (Fsp3) is 0.0385. The van der Waals surface area contributed by atoms with Crippen LogP contribution in [0.5, 0.6) is 0 Å². The van der Waals surface area contributed by atoms with Gasteiger partial charge in [-0.1, -0.05) is 36.4 Å². The van der Waals surface area contributed by atoms with Crippen molar-refractivity contribution < 1.29 is 4.39 Å². The SMILES string of the molecule is N#Cc1cccc(F)c1-n1nc2c3ccccc3n(Cc3ccc(-n4cccn4)cc3)nc-2c1=O. The Kier molecular flexibility index (Phi) is 4.71. The number of halogens is 1. The Morgan fingerprint density at radius 2 is 1.74 bits per heavy atom. The summed E-state index contributed by atoms with van der Waals surface area (Å²) in [7, 11) is 0. The second-order valence-corrected chi connectivity index (χ2v) is 7.95. The molecule has 0 saturated heterocycles. The third-order valence-corrected chi connectivity index (χ3v) is 5.83. The largest absolute Gasteiger partial charge is 0.301 e. The molecule has 2 aliphatic rings. The van der Waals surface area contributed by atoms with Crippen molar-refractivity contribution >= 4 is 10.9 Å². The van der Waals surface area contributed by atoms with Crippen molar-refractivity contribution in [2.45, 2.75) is 6.54 Å². The van der Waals surface area contributed by atoms with Gasteiger partial charge in [0.25, 0.3) is 0 Å². The first-order valence-corrected chi connectivity index (χ1v) is 10.8. The van der Waals surface area contributed by atoms with Crippen LogP contribution in [-0.4, -0.2) is 29.3 Å². The lowest BCUT2D eigenvalue weighted by molar-refractivity contribution is 0.608. The smallest absolute Gasteiger partial charge is 0.265 e. The second-order valence-electron chi connectivity index (χ2n) is 7.95. The molecule has 1 aromatic heterocycles. The Morgan fingerprint density at radius 1 is 0.914 bits per heavy atom. The van der Waals surface area contributed by atoms with Crippen LogP contribution in [0.4, 0.5) is 4.39 Å². The Bertz CT molecular complexity index is 1760. The van der Waals surface area contributed by atoms with Crippen LogP contribution in [-0.2, 0) is 6.54 Å². The third-order valence-electron chi connectivity index (χ3n) is 5.83. The summed E-state index contributed by atoms with van der Waals surface area (Å²) < 4.78 is 19.1. The Morgan fingerprint density at radius 3 is 2.51 bits per heavy atom. The zero-order chi connectivity index (χ0) is 23.9. The van der Waals surface area contributed by atoms with Gasteiger partial charge in [0.2, 0.25) is 0 Å². The van der Waals surface area contributed by atoms with Gasteiger partial charge in [0, 0.05) is 17.8 Å². The van der Waals surface area contributed by atoms with Crippen molar-refractivity contribution in [2.75, 3.05) is 0 Å². The van der Waals surface area contributed by atoms with E-state index in [-0.39, 0.29) is 16.9 Å². The van der Waals surface area contributed by atoms with Crippen LogP contribution in [0.1, 0.15) is 11.1 Å². The quantitative estimate of drug-likeness (QED) is 0.397. The van der Waals surface area contributed by atoms with Crippen molar-refractivity contribution in [3.8, 4) is 28.8 Å². The Hall–Kier alpha value is -5.10. The number of hydrogen-bond acceptors (Lipinski definition) is 5. The second kappa shape index (κ2) is 8.04. The van der Waals surface area contributed by atoms with E-state index in [9.17, 15) is 14.4 Å². The van der Waals surface area contributed by atoms with Gasteiger partial charge in [-0.15, -0.1) is 0 Å². The van der Waals surface area contributed by atoms with Gasteiger partial charge in [-0.2, -0.15) is 25.2 Å². The summed E-state index contributed by atoms with van der Waals surface area (Å²) in [5.74, 6) is -0.705. The predicted molar refractivity (Wildman–Crippen MR) is 127 cm³/mol. The van der Waals surface area contributed by atoms with Crippen molar-refractivity contribution in [3.63, 3.8) is 0 Å². The van der Waals surface area contributed by atoms with E-state index in [1.807, 2.05) is 66.9 Å². The number of rotatable bonds is 4. The zero-order valence-corrected chi connectivity index (χ0v) is 18.2. The summed E-state index contributed by atoms with van der Waals surface area (Å²) in [6.45, 7) is 0.406. The van der Waals surface area contributed by atoms with Crippen LogP contribution in [0.3, 0.4) is 0 Å². The molecule has 9 heteroatoms. The molecule has 0 unspecified atom stereocenters. The minimum atomic E-state index is -0.705. The number of fused-ring (bicyclic) bond motifs is 3. The highest BCUT2D eigenvalue weighted by Gasteiger charge is 2.25. The number of aromatic nitrogens is 6. The van der Waals surface area contributed by atoms with Gasteiger partial charge < -0.3 is 0 Å². The molecule has 168 valence electrons. The van der Waals surface area contributed by atoms with Gasteiger partial charge in [-0.3, -0.25) is 9.48 Å². The van der Waals surface area contributed by atoms with Gasteiger partial charge >= 0.3 is 5.56 Å². The molecule has 3 heterocycles. The van der Waals surface area contributed by atoms with Crippen LogP contribution in [0.15, 0.2) is 90.0 Å². The van der Waals surface area contributed by atoms with E-state index in [2.05, 4.69) is 15.3 Å². The van der Waals surface area contributed by atoms with Gasteiger partial charge in [-0.25, -0.2) is 9.07 Å². The Labute approximate surface area is 198 Å². The first kappa shape index (κ1) is 20.5. The number of hydrogen-bond donors (Lipinski definition) is 0. The minimum Gasteiger partial charge on any atom is -0.265 e. The Balaban J connectivity index is 1.50. The fourth-order valence-electron chi connectivity index (χ4n) is 4.18. The molecular weight excluding hydrogens is 445 g/mol. The van der Waals surface area contributed by atoms with Gasteiger partial charge in [0.15, 0.2) is 5.69 Å². The van der Waals surface area contributed by atoms with Crippen molar-refractivity contribution in [1.29, 1.82) is 5.26 Å². The van der Waals surface area contributed by atoms with E-state index in [4.69, 9.17) is 0 Å².